The van der Waals surface area contributed by atoms with E-state index in [1.807, 2.05) is 6.07 Å². The topological polar surface area (TPSA) is 71.7 Å². The van der Waals surface area contributed by atoms with Crippen LogP contribution in [0.4, 0.5) is 5.82 Å². The van der Waals surface area contributed by atoms with E-state index in [-0.39, 0.29) is 5.91 Å². The highest BCUT2D eigenvalue weighted by molar-refractivity contribution is 5.93. The maximum Gasteiger partial charge on any atom is 0.254 e. The van der Waals surface area contributed by atoms with E-state index in [1.54, 1.807) is 33.5 Å². The summed E-state index contributed by atoms with van der Waals surface area (Å²) >= 11 is 0. The van der Waals surface area contributed by atoms with Crippen molar-refractivity contribution in [3.05, 3.63) is 23.9 Å². The number of nitrogens with zero attached hydrogens (tertiary/aromatic N) is 3. The Kier molecular flexibility index (Phi) is 6.97. The molecule has 0 aromatic carbocycles. The number of hydrogen-bond donors (Lipinski definition) is 1. The molecule has 1 heterocycles. The van der Waals surface area contributed by atoms with E-state index >= 15 is 0 Å². The van der Waals surface area contributed by atoms with Gasteiger partial charge in [0.15, 0.2) is 0 Å². The fourth-order valence-electron chi connectivity index (χ4n) is 1.78. The van der Waals surface area contributed by atoms with Crippen LogP contribution in [-0.4, -0.2) is 63.2 Å². The first kappa shape index (κ1) is 16.4. The highest BCUT2D eigenvalue weighted by Crippen LogP contribution is 2.12. The van der Waals surface area contributed by atoms with E-state index in [9.17, 15) is 4.79 Å². The molecule has 0 fully saturated rings. The van der Waals surface area contributed by atoms with E-state index in [1.165, 1.54) is 4.90 Å². The molecule has 112 valence electrons. The number of pyridine rings is 1. The minimum absolute atomic E-state index is 0.0468. The lowest BCUT2D eigenvalue weighted by molar-refractivity contribution is 0.0827. The summed E-state index contributed by atoms with van der Waals surface area (Å²) in [5, 5.41) is 0. The standard InChI is InChI=1S/C14H24N4O2/c1-17(2)14(19)12-5-6-13(16-11-12)18(8-4-7-15)9-10-20-3/h5-6,11H,4,7-10,15H2,1-3H3. The van der Waals surface area contributed by atoms with Gasteiger partial charge in [0, 0.05) is 40.5 Å². The second-order valence-electron chi connectivity index (χ2n) is 4.73. The fraction of sp³-hybridized carbons (Fsp3) is 0.571. The lowest BCUT2D eigenvalue weighted by Gasteiger charge is -2.23. The number of aromatic nitrogens is 1. The lowest BCUT2D eigenvalue weighted by Crippen LogP contribution is -2.30. The van der Waals surface area contributed by atoms with Crippen molar-refractivity contribution in [3.63, 3.8) is 0 Å². The van der Waals surface area contributed by atoms with Crippen molar-refractivity contribution in [1.82, 2.24) is 9.88 Å². The number of nitrogens with two attached hydrogens (primary N) is 1. The number of carbonyl (C=O) groups excluding carboxylic acids is 1. The van der Waals surface area contributed by atoms with Crippen molar-refractivity contribution in [2.45, 2.75) is 6.42 Å². The number of hydrogen-bond acceptors (Lipinski definition) is 5. The Morgan fingerprint density at radius 1 is 1.35 bits per heavy atom. The summed E-state index contributed by atoms with van der Waals surface area (Å²) in [6.07, 6.45) is 2.50. The van der Waals surface area contributed by atoms with Crippen molar-refractivity contribution in [1.29, 1.82) is 0 Å². The number of carbonyl (C=O) groups is 1. The molecule has 1 amide bonds. The Morgan fingerprint density at radius 3 is 2.60 bits per heavy atom. The third kappa shape index (κ3) is 4.79. The molecule has 6 nitrogen and oxygen atoms in total. The predicted octanol–water partition coefficient (Wildman–Crippen LogP) is 0.585. The van der Waals surface area contributed by atoms with Gasteiger partial charge in [0.2, 0.25) is 0 Å². The molecule has 1 aromatic heterocycles. The summed E-state index contributed by atoms with van der Waals surface area (Å²) in [6.45, 7) is 2.85. The van der Waals surface area contributed by atoms with Gasteiger partial charge in [-0.2, -0.15) is 0 Å². The average Bonchev–Trinajstić information content (AvgIpc) is 2.47. The van der Waals surface area contributed by atoms with Gasteiger partial charge in [-0.15, -0.1) is 0 Å². The van der Waals surface area contributed by atoms with Crippen LogP contribution in [0, 0.1) is 0 Å². The van der Waals surface area contributed by atoms with Gasteiger partial charge < -0.3 is 20.3 Å². The first-order chi connectivity index (χ1) is 9.60. The Balaban J connectivity index is 2.78. The number of methoxy groups -OCH3 is 1. The van der Waals surface area contributed by atoms with Crippen LogP contribution >= 0.6 is 0 Å². The Labute approximate surface area is 120 Å². The van der Waals surface area contributed by atoms with Crippen molar-refractivity contribution < 1.29 is 9.53 Å². The molecular formula is C14H24N4O2. The third-order valence-corrected chi connectivity index (χ3v) is 2.92. The summed E-state index contributed by atoms with van der Waals surface area (Å²) < 4.78 is 5.11. The van der Waals surface area contributed by atoms with E-state index in [0.29, 0.717) is 18.7 Å². The zero-order valence-electron chi connectivity index (χ0n) is 12.5. The van der Waals surface area contributed by atoms with Crippen LogP contribution in [0.3, 0.4) is 0 Å². The maximum atomic E-state index is 11.8. The maximum absolute atomic E-state index is 11.8. The van der Waals surface area contributed by atoms with Gasteiger partial charge in [-0.1, -0.05) is 0 Å². The summed E-state index contributed by atoms with van der Waals surface area (Å²) in [5.74, 6) is 0.792. The number of ether oxygens (including phenoxy) is 1. The zero-order valence-corrected chi connectivity index (χ0v) is 12.5. The first-order valence-electron chi connectivity index (χ1n) is 6.71. The molecule has 0 atom stereocenters. The van der Waals surface area contributed by atoms with Gasteiger partial charge in [-0.3, -0.25) is 4.79 Å². The normalized spacial score (nSPS) is 10.4. The smallest absolute Gasteiger partial charge is 0.254 e. The van der Waals surface area contributed by atoms with E-state index in [2.05, 4.69) is 9.88 Å². The number of anilines is 1. The molecule has 0 radical (unpaired) electrons. The van der Waals surface area contributed by atoms with Gasteiger partial charge in [0.1, 0.15) is 5.82 Å². The Morgan fingerprint density at radius 2 is 2.10 bits per heavy atom. The SMILES string of the molecule is COCCN(CCCN)c1ccc(C(=O)N(C)C)cn1. The second kappa shape index (κ2) is 8.50. The largest absolute Gasteiger partial charge is 0.383 e. The third-order valence-electron chi connectivity index (χ3n) is 2.92. The molecule has 1 aromatic rings. The van der Waals surface area contributed by atoms with E-state index in [0.717, 1.165) is 25.3 Å². The summed E-state index contributed by atoms with van der Waals surface area (Å²) in [5.41, 5.74) is 6.14. The molecule has 0 aliphatic carbocycles. The molecule has 0 bridgehead atoms. The van der Waals surface area contributed by atoms with Crippen LogP contribution in [0.5, 0.6) is 0 Å². The quantitative estimate of drug-likeness (QED) is 0.754. The van der Waals surface area contributed by atoms with Crippen LogP contribution in [0.25, 0.3) is 0 Å². The molecule has 1 rings (SSSR count). The summed E-state index contributed by atoms with van der Waals surface area (Å²) in [6, 6.07) is 3.66. The Bertz CT molecular complexity index is 398. The van der Waals surface area contributed by atoms with Gasteiger partial charge in [-0.25, -0.2) is 4.98 Å². The number of amides is 1. The average molecular weight is 280 g/mol. The molecule has 2 N–H and O–H groups in total. The van der Waals surface area contributed by atoms with Crippen LogP contribution in [0.15, 0.2) is 18.3 Å². The van der Waals surface area contributed by atoms with Crippen molar-refractivity contribution in [2.75, 3.05) is 52.3 Å². The fourth-order valence-corrected chi connectivity index (χ4v) is 1.78. The minimum atomic E-state index is -0.0468. The van der Waals surface area contributed by atoms with Crippen molar-refractivity contribution in [3.8, 4) is 0 Å². The second-order valence-corrected chi connectivity index (χ2v) is 4.73. The highest BCUT2D eigenvalue weighted by atomic mass is 16.5. The molecule has 0 aliphatic heterocycles. The van der Waals surface area contributed by atoms with Gasteiger partial charge in [0.25, 0.3) is 5.91 Å². The molecular weight excluding hydrogens is 256 g/mol. The monoisotopic (exact) mass is 280 g/mol. The van der Waals surface area contributed by atoms with Gasteiger partial charge in [-0.05, 0) is 25.1 Å². The lowest BCUT2D eigenvalue weighted by atomic mass is 10.2. The summed E-state index contributed by atoms with van der Waals surface area (Å²) in [7, 11) is 5.12. The molecule has 0 saturated heterocycles. The molecule has 0 spiro atoms. The molecule has 20 heavy (non-hydrogen) atoms. The Hall–Kier alpha value is -1.66. The summed E-state index contributed by atoms with van der Waals surface area (Å²) in [4.78, 5) is 19.8. The van der Waals surface area contributed by atoms with Crippen LogP contribution in [-0.2, 0) is 4.74 Å². The van der Waals surface area contributed by atoms with Gasteiger partial charge >= 0.3 is 0 Å². The molecule has 0 unspecified atom stereocenters. The highest BCUT2D eigenvalue weighted by Gasteiger charge is 2.11. The predicted molar refractivity (Wildman–Crippen MR) is 80.0 cm³/mol. The van der Waals surface area contributed by atoms with E-state index in [4.69, 9.17) is 10.5 Å². The number of rotatable bonds is 8. The van der Waals surface area contributed by atoms with Crippen LogP contribution in [0.2, 0.25) is 0 Å². The molecule has 0 saturated carbocycles. The first-order valence-corrected chi connectivity index (χ1v) is 6.71. The van der Waals surface area contributed by atoms with Crippen molar-refractivity contribution >= 4 is 11.7 Å². The van der Waals surface area contributed by atoms with Crippen LogP contribution < -0.4 is 10.6 Å². The van der Waals surface area contributed by atoms with Crippen LogP contribution in [0.1, 0.15) is 16.8 Å². The zero-order chi connectivity index (χ0) is 15.0. The molecule has 6 heteroatoms. The van der Waals surface area contributed by atoms with E-state index < -0.39 is 0 Å². The van der Waals surface area contributed by atoms with Crippen molar-refractivity contribution in [2.24, 2.45) is 5.73 Å². The minimum Gasteiger partial charge on any atom is -0.383 e. The van der Waals surface area contributed by atoms with Gasteiger partial charge in [0.05, 0.1) is 12.2 Å². The molecule has 0 aliphatic rings.